The Bertz CT molecular complexity index is 1770. The molecule has 40 heavy (non-hydrogen) atoms. The number of benzene rings is 3. The Morgan fingerprint density at radius 1 is 1.02 bits per heavy atom. The van der Waals surface area contributed by atoms with Crippen molar-refractivity contribution in [2.24, 2.45) is 0 Å². The minimum atomic E-state index is -4.86. The summed E-state index contributed by atoms with van der Waals surface area (Å²) in [4.78, 5) is 34.3. The number of para-hydroxylation sites is 1. The molecule has 0 saturated carbocycles. The molecule has 0 aliphatic carbocycles. The summed E-state index contributed by atoms with van der Waals surface area (Å²) >= 11 is 0.995. The summed E-state index contributed by atoms with van der Waals surface area (Å²) in [5.74, 6) is -0.0245. The lowest BCUT2D eigenvalue weighted by molar-refractivity contribution is -0.274. The number of methoxy groups -OCH3 is 2. The van der Waals surface area contributed by atoms with Gasteiger partial charge in [-0.1, -0.05) is 30.0 Å². The lowest BCUT2D eigenvalue weighted by atomic mass is 10.2. The highest BCUT2D eigenvalue weighted by atomic mass is 32.2. The highest BCUT2D eigenvalue weighted by Gasteiger charge is 2.31. The molecule has 3 aromatic carbocycles. The van der Waals surface area contributed by atoms with E-state index in [9.17, 15) is 22.8 Å². The number of thioether (sulfide) groups is 1. The van der Waals surface area contributed by atoms with Crippen LogP contribution in [0.5, 0.6) is 17.2 Å². The maximum atomic E-state index is 13.7. The van der Waals surface area contributed by atoms with E-state index in [0.29, 0.717) is 33.6 Å². The molecule has 2 heterocycles. The van der Waals surface area contributed by atoms with Crippen LogP contribution in [0.2, 0.25) is 0 Å². The second-order valence-electron chi connectivity index (χ2n) is 8.37. The zero-order valence-corrected chi connectivity index (χ0v) is 21.9. The smallest absolute Gasteiger partial charge is 0.497 e. The molecule has 0 spiro atoms. The van der Waals surface area contributed by atoms with E-state index in [1.807, 2.05) is 18.2 Å². The molecule has 0 radical (unpaired) electrons. The van der Waals surface area contributed by atoms with Gasteiger partial charge in [0.25, 0.3) is 5.56 Å². The molecule has 1 amide bonds. The van der Waals surface area contributed by atoms with Crippen LogP contribution in [0.1, 0.15) is 0 Å². The highest BCUT2D eigenvalue weighted by molar-refractivity contribution is 7.99. The van der Waals surface area contributed by atoms with E-state index in [1.54, 1.807) is 24.3 Å². The lowest BCUT2D eigenvalue weighted by Crippen LogP contribution is -2.23. The quantitative estimate of drug-likeness (QED) is 0.187. The zero-order valence-electron chi connectivity index (χ0n) is 21.0. The van der Waals surface area contributed by atoms with E-state index < -0.39 is 23.6 Å². The monoisotopic (exact) mass is 570 g/mol. The number of alkyl halides is 3. The van der Waals surface area contributed by atoms with Crippen molar-refractivity contribution in [3.63, 3.8) is 0 Å². The van der Waals surface area contributed by atoms with Gasteiger partial charge in [-0.3, -0.25) is 14.2 Å². The van der Waals surface area contributed by atoms with Crippen LogP contribution in [0, 0.1) is 0 Å². The zero-order chi connectivity index (χ0) is 28.4. The van der Waals surface area contributed by atoms with Gasteiger partial charge in [-0.15, -0.1) is 13.2 Å². The van der Waals surface area contributed by atoms with Gasteiger partial charge in [-0.05, 0) is 42.5 Å². The minimum absolute atomic E-state index is 0.134. The number of nitrogens with one attached hydrogen (secondary N) is 2. The molecule has 5 aromatic rings. The SMILES string of the molecule is COc1ccc(NC(=O)CSc2nc3c([nH]c4ccccc43)c(=O)n2-c2ccc(OC(F)(F)F)cc2)c(OC)c1. The summed E-state index contributed by atoms with van der Waals surface area (Å²) in [7, 11) is 2.97. The number of ether oxygens (including phenoxy) is 3. The average Bonchev–Trinajstić information content (AvgIpc) is 3.31. The third-order valence-electron chi connectivity index (χ3n) is 5.84. The molecule has 2 aromatic heterocycles. The van der Waals surface area contributed by atoms with E-state index in [2.05, 4.69) is 20.0 Å². The van der Waals surface area contributed by atoms with Gasteiger partial charge in [0, 0.05) is 17.0 Å². The van der Waals surface area contributed by atoms with Crippen molar-refractivity contribution in [2.75, 3.05) is 25.3 Å². The van der Waals surface area contributed by atoms with Crippen LogP contribution >= 0.6 is 11.8 Å². The Morgan fingerprint density at radius 3 is 2.45 bits per heavy atom. The standard InChI is InChI=1S/C27H21F3N4O5S/c1-37-17-11-12-20(21(13-17)38-2)31-22(35)14-40-26-33-23-18-5-3-4-6-19(18)32-24(23)25(36)34(26)15-7-9-16(10-8-15)39-27(28,29)30/h3-13,32H,14H2,1-2H3,(H,31,35). The second-order valence-corrected chi connectivity index (χ2v) is 9.32. The number of halogens is 3. The predicted molar refractivity (Wildman–Crippen MR) is 145 cm³/mol. The molecular formula is C27H21F3N4O5S. The first-order chi connectivity index (χ1) is 19.2. The number of aromatic amines is 1. The fourth-order valence-corrected chi connectivity index (χ4v) is 4.89. The van der Waals surface area contributed by atoms with Gasteiger partial charge in [0.05, 0.1) is 31.3 Å². The maximum absolute atomic E-state index is 13.7. The fourth-order valence-electron chi connectivity index (χ4n) is 4.08. The summed E-state index contributed by atoms with van der Waals surface area (Å²) in [5, 5.41) is 3.65. The van der Waals surface area contributed by atoms with Gasteiger partial charge in [0.1, 0.15) is 28.3 Å². The van der Waals surface area contributed by atoms with Crippen molar-refractivity contribution in [3.05, 3.63) is 77.1 Å². The summed E-state index contributed by atoms with van der Waals surface area (Å²) in [5.41, 5.74) is 1.50. The van der Waals surface area contributed by atoms with Crippen LogP contribution in [-0.4, -0.2) is 46.8 Å². The van der Waals surface area contributed by atoms with Crippen molar-refractivity contribution in [1.82, 2.24) is 14.5 Å². The van der Waals surface area contributed by atoms with Crippen molar-refractivity contribution in [1.29, 1.82) is 0 Å². The number of anilines is 1. The van der Waals surface area contributed by atoms with Crippen molar-refractivity contribution in [3.8, 4) is 22.9 Å². The summed E-state index contributed by atoms with van der Waals surface area (Å²) in [6.45, 7) is 0. The Kier molecular flexibility index (Phi) is 7.30. The number of fused-ring (bicyclic) bond motifs is 3. The van der Waals surface area contributed by atoms with Crippen LogP contribution in [-0.2, 0) is 4.79 Å². The lowest BCUT2D eigenvalue weighted by Gasteiger charge is -2.14. The van der Waals surface area contributed by atoms with Crippen LogP contribution in [0.15, 0.2) is 76.7 Å². The second kappa shape index (κ2) is 10.8. The summed E-state index contributed by atoms with van der Waals surface area (Å²) in [6, 6.07) is 17.0. The molecule has 5 rings (SSSR count). The van der Waals surface area contributed by atoms with Crippen LogP contribution in [0.4, 0.5) is 18.9 Å². The minimum Gasteiger partial charge on any atom is -0.497 e. The molecule has 0 fully saturated rings. The van der Waals surface area contributed by atoms with Crippen LogP contribution in [0.25, 0.3) is 27.6 Å². The van der Waals surface area contributed by atoms with Gasteiger partial charge >= 0.3 is 6.36 Å². The number of nitrogens with zero attached hydrogens (tertiary/aromatic N) is 2. The average molecular weight is 571 g/mol. The van der Waals surface area contributed by atoms with E-state index in [-0.39, 0.29) is 22.1 Å². The summed E-state index contributed by atoms with van der Waals surface area (Å²) < 4.78 is 53.6. The van der Waals surface area contributed by atoms with Crippen molar-refractivity contribution >= 4 is 45.3 Å². The Hall–Kier alpha value is -4.65. The number of carbonyl (C=O) groups excluding carboxylic acids is 1. The first kappa shape index (κ1) is 26.9. The number of aromatic nitrogens is 3. The number of carbonyl (C=O) groups is 1. The first-order valence-corrected chi connectivity index (χ1v) is 12.7. The first-order valence-electron chi connectivity index (χ1n) is 11.7. The number of H-pyrrole nitrogens is 1. The number of amides is 1. The van der Waals surface area contributed by atoms with E-state index in [4.69, 9.17) is 9.47 Å². The summed E-state index contributed by atoms with van der Waals surface area (Å²) in [6.07, 6.45) is -4.86. The highest BCUT2D eigenvalue weighted by Crippen LogP contribution is 2.31. The normalized spacial score (nSPS) is 11.5. The van der Waals surface area contributed by atoms with E-state index in [0.717, 1.165) is 23.9 Å². The Balaban J connectivity index is 1.50. The molecule has 0 saturated heterocycles. The third-order valence-corrected chi connectivity index (χ3v) is 6.78. The van der Waals surface area contributed by atoms with E-state index >= 15 is 0 Å². The topological polar surface area (TPSA) is 107 Å². The number of rotatable bonds is 8. The molecular weight excluding hydrogens is 549 g/mol. The maximum Gasteiger partial charge on any atom is 0.573 e. The molecule has 2 N–H and O–H groups in total. The van der Waals surface area contributed by atoms with Gasteiger partial charge in [0.15, 0.2) is 5.16 Å². The molecule has 0 aliphatic heterocycles. The Labute approximate surface area is 228 Å². The van der Waals surface area contributed by atoms with Gasteiger partial charge < -0.3 is 24.5 Å². The van der Waals surface area contributed by atoms with Crippen molar-refractivity contribution < 1.29 is 32.2 Å². The third kappa shape index (κ3) is 5.54. The molecule has 0 atom stereocenters. The van der Waals surface area contributed by atoms with Gasteiger partial charge in [0.2, 0.25) is 5.91 Å². The molecule has 13 heteroatoms. The number of hydrogen-bond acceptors (Lipinski definition) is 7. The van der Waals surface area contributed by atoms with Crippen molar-refractivity contribution in [2.45, 2.75) is 11.5 Å². The van der Waals surface area contributed by atoms with Gasteiger partial charge in [-0.2, -0.15) is 0 Å². The molecule has 0 aliphatic rings. The fraction of sp³-hybridized carbons (Fsp3) is 0.148. The molecule has 0 bridgehead atoms. The molecule has 206 valence electrons. The van der Waals surface area contributed by atoms with E-state index in [1.165, 1.54) is 30.9 Å². The predicted octanol–water partition coefficient (Wildman–Crippen LogP) is 5.51. The molecule has 0 unspecified atom stereocenters. The largest absolute Gasteiger partial charge is 0.573 e. The Morgan fingerprint density at radius 2 is 1.75 bits per heavy atom. The van der Waals surface area contributed by atoms with Crippen LogP contribution < -0.4 is 25.1 Å². The van der Waals surface area contributed by atoms with Crippen LogP contribution in [0.3, 0.4) is 0 Å². The number of hydrogen-bond donors (Lipinski definition) is 2. The van der Waals surface area contributed by atoms with Gasteiger partial charge in [-0.25, -0.2) is 4.98 Å². The molecule has 9 nitrogen and oxygen atoms in total.